The fraction of sp³-hybridized carbons (Fsp3) is 1.00. The first kappa shape index (κ1) is 20.0. The minimum absolute atomic E-state index is 0.838. The van der Waals surface area contributed by atoms with Gasteiger partial charge >= 0.3 is 0 Å². The fourth-order valence-corrected chi connectivity index (χ4v) is 3.19. The van der Waals surface area contributed by atoms with E-state index in [9.17, 15) is 0 Å². The first-order chi connectivity index (χ1) is 9.31. The van der Waals surface area contributed by atoms with Crippen molar-refractivity contribution in [2.75, 3.05) is 0 Å². The fourth-order valence-electron chi connectivity index (χ4n) is 3.19. The summed E-state index contributed by atoms with van der Waals surface area (Å²) in [5, 5.41) is 0. The summed E-state index contributed by atoms with van der Waals surface area (Å²) in [7, 11) is 0. The number of rotatable bonds is 11. The second kappa shape index (κ2) is 10.7. The molecule has 0 bridgehead atoms. The molecule has 0 saturated carbocycles. The Hall–Kier alpha value is 0. The van der Waals surface area contributed by atoms with Crippen molar-refractivity contribution < 1.29 is 0 Å². The normalized spacial score (nSPS) is 19.6. The average molecular weight is 283 g/mol. The van der Waals surface area contributed by atoms with E-state index >= 15 is 0 Å². The van der Waals surface area contributed by atoms with Crippen molar-refractivity contribution in [2.45, 2.75) is 93.9 Å². The van der Waals surface area contributed by atoms with E-state index in [1.54, 1.807) is 0 Å². The van der Waals surface area contributed by atoms with Gasteiger partial charge in [-0.15, -0.1) is 0 Å². The summed E-state index contributed by atoms with van der Waals surface area (Å²) in [5.41, 5.74) is 0. The predicted molar refractivity (Wildman–Crippen MR) is 94.0 cm³/mol. The molecular formula is C20H42. The first-order valence-electron chi connectivity index (χ1n) is 9.31. The molecule has 122 valence electrons. The lowest BCUT2D eigenvalue weighted by molar-refractivity contribution is 0.256. The van der Waals surface area contributed by atoms with Crippen molar-refractivity contribution in [1.29, 1.82) is 0 Å². The Morgan fingerprint density at radius 3 is 1.65 bits per heavy atom. The molecule has 0 heterocycles. The van der Waals surface area contributed by atoms with Crippen LogP contribution in [0.4, 0.5) is 0 Å². The molecule has 0 nitrogen and oxygen atoms in total. The lowest BCUT2D eigenvalue weighted by Crippen LogP contribution is -2.14. The average Bonchev–Trinajstić information content (AvgIpc) is 2.41. The standard InChI is InChI=1S/C20H42/c1-9-17(6)19(8)14-20(10-2)12-11-16(5)13-18(7)15(3)4/h15-20H,9-14H2,1-8H3. The Labute approximate surface area is 130 Å². The third kappa shape index (κ3) is 8.32. The second-order valence-corrected chi connectivity index (χ2v) is 8.01. The number of hydrogen-bond acceptors (Lipinski definition) is 0. The minimum atomic E-state index is 0.838. The third-order valence-electron chi connectivity index (χ3n) is 5.88. The summed E-state index contributed by atoms with van der Waals surface area (Å²) in [6.45, 7) is 19.2. The molecule has 0 N–H and O–H groups in total. The van der Waals surface area contributed by atoms with E-state index in [4.69, 9.17) is 0 Å². The second-order valence-electron chi connectivity index (χ2n) is 8.01. The van der Waals surface area contributed by atoms with Gasteiger partial charge in [-0.05, 0) is 48.3 Å². The van der Waals surface area contributed by atoms with Crippen LogP contribution in [-0.2, 0) is 0 Å². The quantitative estimate of drug-likeness (QED) is 0.376. The van der Waals surface area contributed by atoms with E-state index in [1.807, 2.05) is 0 Å². The van der Waals surface area contributed by atoms with Crippen LogP contribution in [-0.4, -0.2) is 0 Å². The summed E-state index contributed by atoms with van der Waals surface area (Å²) in [5.74, 6) is 5.36. The van der Waals surface area contributed by atoms with Gasteiger partial charge in [0.2, 0.25) is 0 Å². The Balaban J connectivity index is 4.06. The summed E-state index contributed by atoms with van der Waals surface area (Å²) < 4.78 is 0. The molecule has 0 aliphatic heterocycles. The Kier molecular flexibility index (Phi) is 10.7. The van der Waals surface area contributed by atoms with Crippen molar-refractivity contribution in [3.05, 3.63) is 0 Å². The van der Waals surface area contributed by atoms with E-state index in [1.165, 1.54) is 38.5 Å². The van der Waals surface area contributed by atoms with Gasteiger partial charge in [0.1, 0.15) is 0 Å². The Morgan fingerprint density at radius 1 is 0.600 bits per heavy atom. The van der Waals surface area contributed by atoms with Crippen LogP contribution in [0.25, 0.3) is 0 Å². The van der Waals surface area contributed by atoms with Crippen molar-refractivity contribution in [2.24, 2.45) is 35.5 Å². The summed E-state index contributed by atoms with van der Waals surface area (Å²) >= 11 is 0. The molecular weight excluding hydrogens is 240 g/mol. The van der Waals surface area contributed by atoms with Gasteiger partial charge in [-0.25, -0.2) is 0 Å². The monoisotopic (exact) mass is 282 g/mol. The molecule has 0 aliphatic rings. The van der Waals surface area contributed by atoms with Gasteiger partial charge in [0, 0.05) is 0 Å². The van der Waals surface area contributed by atoms with Gasteiger partial charge in [0.15, 0.2) is 0 Å². The van der Waals surface area contributed by atoms with Crippen LogP contribution in [0.3, 0.4) is 0 Å². The molecule has 5 atom stereocenters. The maximum absolute atomic E-state index is 2.46. The van der Waals surface area contributed by atoms with Crippen molar-refractivity contribution in [3.8, 4) is 0 Å². The summed E-state index contributed by atoms with van der Waals surface area (Å²) in [4.78, 5) is 0. The van der Waals surface area contributed by atoms with E-state index < -0.39 is 0 Å². The molecule has 0 radical (unpaired) electrons. The topological polar surface area (TPSA) is 0 Å². The molecule has 20 heavy (non-hydrogen) atoms. The van der Waals surface area contributed by atoms with Gasteiger partial charge < -0.3 is 0 Å². The highest BCUT2D eigenvalue weighted by atomic mass is 14.2. The zero-order chi connectivity index (χ0) is 15.7. The molecule has 0 aromatic carbocycles. The minimum Gasteiger partial charge on any atom is -0.0651 e. The smallest absolute Gasteiger partial charge is 0.0414 e. The molecule has 0 fully saturated rings. The molecule has 0 aromatic heterocycles. The highest BCUT2D eigenvalue weighted by molar-refractivity contribution is 4.69. The van der Waals surface area contributed by atoms with Gasteiger partial charge in [0.25, 0.3) is 0 Å². The van der Waals surface area contributed by atoms with E-state index in [2.05, 4.69) is 55.4 Å². The first-order valence-corrected chi connectivity index (χ1v) is 9.31. The molecule has 5 unspecified atom stereocenters. The number of hydrogen-bond donors (Lipinski definition) is 0. The molecule has 0 amide bonds. The van der Waals surface area contributed by atoms with Gasteiger partial charge in [-0.2, -0.15) is 0 Å². The van der Waals surface area contributed by atoms with Gasteiger partial charge in [-0.1, -0.05) is 81.1 Å². The lowest BCUT2D eigenvalue weighted by atomic mass is 9.80. The van der Waals surface area contributed by atoms with E-state index in [0.717, 1.165) is 35.5 Å². The Bertz CT molecular complexity index is 218. The molecule has 0 rings (SSSR count). The van der Waals surface area contributed by atoms with Crippen molar-refractivity contribution >= 4 is 0 Å². The molecule has 0 spiro atoms. The largest absolute Gasteiger partial charge is 0.0651 e. The maximum Gasteiger partial charge on any atom is -0.0414 e. The Morgan fingerprint density at radius 2 is 1.20 bits per heavy atom. The van der Waals surface area contributed by atoms with E-state index in [-0.39, 0.29) is 0 Å². The zero-order valence-corrected chi connectivity index (χ0v) is 15.7. The zero-order valence-electron chi connectivity index (χ0n) is 15.7. The summed E-state index contributed by atoms with van der Waals surface area (Å²) in [6, 6.07) is 0. The maximum atomic E-state index is 2.46. The molecule has 0 aromatic rings. The SMILES string of the molecule is CCC(CCC(C)CC(C)C(C)C)CC(C)C(C)CC. The van der Waals surface area contributed by atoms with Crippen LogP contribution in [0.15, 0.2) is 0 Å². The van der Waals surface area contributed by atoms with Gasteiger partial charge in [-0.3, -0.25) is 0 Å². The third-order valence-corrected chi connectivity index (χ3v) is 5.88. The highest BCUT2D eigenvalue weighted by Crippen LogP contribution is 2.30. The predicted octanol–water partition coefficient (Wildman–Crippen LogP) is 7.18. The highest BCUT2D eigenvalue weighted by Gasteiger charge is 2.18. The van der Waals surface area contributed by atoms with Crippen LogP contribution in [0.5, 0.6) is 0 Å². The molecule has 0 heteroatoms. The van der Waals surface area contributed by atoms with Crippen LogP contribution >= 0.6 is 0 Å². The molecule has 0 saturated heterocycles. The van der Waals surface area contributed by atoms with Crippen molar-refractivity contribution in [1.82, 2.24) is 0 Å². The molecule has 0 aliphatic carbocycles. The van der Waals surface area contributed by atoms with Gasteiger partial charge in [0.05, 0.1) is 0 Å². The lowest BCUT2D eigenvalue weighted by Gasteiger charge is -2.26. The van der Waals surface area contributed by atoms with Crippen LogP contribution < -0.4 is 0 Å². The van der Waals surface area contributed by atoms with Crippen LogP contribution in [0.2, 0.25) is 0 Å². The summed E-state index contributed by atoms with van der Waals surface area (Å²) in [6.07, 6.45) is 8.44. The van der Waals surface area contributed by atoms with E-state index in [0.29, 0.717) is 0 Å². The van der Waals surface area contributed by atoms with Crippen LogP contribution in [0, 0.1) is 35.5 Å². The van der Waals surface area contributed by atoms with Crippen LogP contribution in [0.1, 0.15) is 93.9 Å². The van der Waals surface area contributed by atoms with Crippen molar-refractivity contribution in [3.63, 3.8) is 0 Å².